The third-order valence-electron chi connectivity index (χ3n) is 3.18. The topological polar surface area (TPSA) is 75.0 Å². The fourth-order valence-electron chi connectivity index (χ4n) is 2.11. The van der Waals surface area contributed by atoms with Crippen LogP contribution in [0.1, 0.15) is 27.7 Å². The number of pyridine rings is 1. The van der Waals surface area contributed by atoms with E-state index in [0.717, 1.165) is 12.3 Å². The maximum Gasteiger partial charge on any atom is 0.434 e. The molecule has 0 bridgehead atoms. The molecule has 0 aliphatic carbocycles. The van der Waals surface area contributed by atoms with E-state index in [1.54, 1.807) is 24.3 Å². The first-order valence-corrected chi connectivity index (χ1v) is 6.74. The predicted octanol–water partition coefficient (Wildman–Crippen LogP) is 3.10. The maximum absolute atomic E-state index is 12.9. The second kappa shape index (κ2) is 7.00. The van der Waals surface area contributed by atoms with Gasteiger partial charge in [0.1, 0.15) is 11.8 Å². The largest absolute Gasteiger partial charge is 0.496 e. The molecule has 0 radical (unpaired) electrons. The summed E-state index contributed by atoms with van der Waals surface area (Å²) in [6.45, 7) is 0. The number of carbonyl (C=O) groups excluding carboxylic acids is 1. The van der Waals surface area contributed by atoms with Crippen LogP contribution in [0.2, 0.25) is 0 Å². The van der Waals surface area contributed by atoms with E-state index >= 15 is 0 Å². The molecule has 24 heavy (non-hydrogen) atoms. The Morgan fingerprint density at radius 1 is 1.29 bits per heavy atom. The first-order valence-electron chi connectivity index (χ1n) is 6.74. The molecule has 0 aliphatic heterocycles. The number of ether oxygens (including phenoxy) is 1. The summed E-state index contributed by atoms with van der Waals surface area (Å²) in [4.78, 5) is 15.4. The quantitative estimate of drug-likeness (QED) is 0.931. The first kappa shape index (κ1) is 17.3. The zero-order chi connectivity index (χ0) is 17.7. The number of halogens is 3. The number of carbonyl (C=O) groups is 1. The van der Waals surface area contributed by atoms with Crippen LogP contribution in [0.4, 0.5) is 13.2 Å². The van der Waals surface area contributed by atoms with Crippen LogP contribution in [0.15, 0.2) is 42.6 Å². The number of amides is 1. The lowest BCUT2D eigenvalue weighted by Gasteiger charge is -2.16. The number of benzene rings is 1. The lowest BCUT2D eigenvalue weighted by Crippen LogP contribution is -2.30. The second-order valence-electron chi connectivity index (χ2n) is 4.67. The Labute approximate surface area is 135 Å². The zero-order valence-electron chi connectivity index (χ0n) is 12.5. The Morgan fingerprint density at radius 3 is 2.62 bits per heavy atom. The van der Waals surface area contributed by atoms with E-state index < -0.39 is 29.4 Å². The van der Waals surface area contributed by atoms with Crippen molar-refractivity contribution in [3.05, 3.63) is 59.4 Å². The van der Waals surface area contributed by atoms with Crippen LogP contribution in [0, 0.1) is 11.3 Å². The van der Waals surface area contributed by atoms with Gasteiger partial charge in [0, 0.05) is 11.8 Å². The average molecular weight is 335 g/mol. The summed E-state index contributed by atoms with van der Waals surface area (Å²) in [5, 5.41) is 11.5. The SMILES string of the molecule is COc1ccccc1[C@H](C#N)NC(=O)c1cccnc1C(F)(F)F. The highest BCUT2D eigenvalue weighted by atomic mass is 19.4. The van der Waals surface area contributed by atoms with Crippen molar-refractivity contribution >= 4 is 5.91 Å². The van der Waals surface area contributed by atoms with Crippen LogP contribution in [0.3, 0.4) is 0 Å². The molecule has 1 aromatic heterocycles. The van der Waals surface area contributed by atoms with Gasteiger partial charge in [-0.05, 0) is 18.2 Å². The zero-order valence-corrected chi connectivity index (χ0v) is 12.5. The third kappa shape index (κ3) is 3.63. The summed E-state index contributed by atoms with van der Waals surface area (Å²) in [7, 11) is 1.39. The molecule has 2 aromatic rings. The van der Waals surface area contributed by atoms with Gasteiger partial charge in [-0.3, -0.25) is 9.78 Å². The molecule has 1 heterocycles. The Morgan fingerprint density at radius 2 is 2.00 bits per heavy atom. The van der Waals surface area contributed by atoms with Crippen LogP contribution >= 0.6 is 0 Å². The highest BCUT2D eigenvalue weighted by Gasteiger charge is 2.37. The standard InChI is InChI=1S/C16H12F3N3O2/c1-24-13-7-3-2-5-10(13)12(9-20)22-15(23)11-6-4-8-21-14(11)16(17,18)19/h2-8,12H,1H3,(H,22,23)/t12-/m0/s1. The van der Waals surface area contributed by atoms with Gasteiger partial charge in [0.05, 0.1) is 18.7 Å². The lowest BCUT2D eigenvalue weighted by molar-refractivity contribution is -0.141. The number of methoxy groups -OCH3 is 1. The molecule has 0 fully saturated rings. The molecule has 2 rings (SSSR count). The fraction of sp³-hybridized carbons (Fsp3) is 0.188. The molecule has 1 atom stereocenters. The Balaban J connectivity index is 2.34. The van der Waals surface area contributed by atoms with Crippen molar-refractivity contribution in [1.82, 2.24) is 10.3 Å². The molecule has 1 aromatic carbocycles. The Bertz CT molecular complexity index is 785. The molecule has 1 N–H and O–H groups in total. The number of nitrogens with one attached hydrogen (secondary N) is 1. The minimum atomic E-state index is -4.78. The molecule has 0 aliphatic rings. The molecule has 0 saturated carbocycles. The maximum atomic E-state index is 12.9. The Hall–Kier alpha value is -3.08. The number of aromatic nitrogens is 1. The minimum absolute atomic E-state index is 0.339. The first-order chi connectivity index (χ1) is 11.4. The van der Waals surface area contributed by atoms with Crippen LogP contribution in [0.5, 0.6) is 5.75 Å². The summed E-state index contributed by atoms with van der Waals surface area (Å²) in [6, 6.07) is 9.30. The molecule has 124 valence electrons. The molecular formula is C16H12F3N3O2. The van der Waals surface area contributed by atoms with E-state index in [0.29, 0.717) is 11.3 Å². The lowest BCUT2D eigenvalue weighted by atomic mass is 10.1. The van der Waals surface area contributed by atoms with Gasteiger partial charge in [-0.25, -0.2) is 0 Å². The van der Waals surface area contributed by atoms with Gasteiger partial charge in [0.15, 0.2) is 5.69 Å². The molecule has 0 spiro atoms. The van der Waals surface area contributed by atoms with E-state index in [1.807, 2.05) is 6.07 Å². The molecule has 0 saturated heterocycles. The van der Waals surface area contributed by atoms with Gasteiger partial charge >= 0.3 is 6.18 Å². The molecule has 5 nitrogen and oxygen atoms in total. The van der Waals surface area contributed by atoms with Crippen LogP contribution < -0.4 is 10.1 Å². The number of nitrogens with zero attached hydrogens (tertiary/aromatic N) is 2. The number of alkyl halides is 3. The van der Waals surface area contributed by atoms with Crippen molar-refractivity contribution in [2.75, 3.05) is 7.11 Å². The van der Waals surface area contributed by atoms with Gasteiger partial charge in [0.25, 0.3) is 5.91 Å². The number of para-hydroxylation sites is 1. The highest BCUT2D eigenvalue weighted by molar-refractivity contribution is 5.95. The molecule has 8 heteroatoms. The van der Waals surface area contributed by atoms with Gasteiger partial charge < -0.3 is 10.1 Å². The van der Waals surface area contributed by atoms with Crippen LogP contribution in [0.25, 0.3) is 0 Å². The van der Waals surface area contributed by atoms with E-state index in [1.165, 1.54) is 13.2 Å². The molecular weight excluding hydrogens is 323 g/mol. The molecule has 0 unspecified atom stereocenters. The monoisotopic (exact) mass is 335 g/mol. The number of hydrogen-bond acceptors (Lipinski definition) is 4. The van der Waals surface area contributed by atoms with Crippen molar-refractivity contribution in [3.8, 4) is 11.8 Å². The van der Waals surface area contributed by atoms with Gasteiger partial charge in [-0.2, -0.15) is 18.4 Å². The van der Waals surface area contributed by atoms with Gasteiger partial charge in [-0.1, -0.05) is 18.2 Å². The van der Waals surface area contributed by atoms with E-state index in [4.69, 9.17) is 4.74 Å². The van der Waals surface area contributed by atoms with Crippen molar-refractivity contribution in [1.29, 1.82) is 5.26 Å². The Kier molecular flexibility index (Phi) is 5.04. The van der Waals surface area contributed by atoms with Crippen molar-refractivity contribution < 1.29 is 22.7 Å². The minimum Gasteiger partial charge on any atom is -0.496 e. The van der Waals surface area contributed by atoms with Crippen molar-refractivity contribution in [3.63, 3.8) is 0 Å². The second-order valence-corrected chi connectivity index (χ2v) is 4.67. The van der Waals surface area contributed by atoms with Crippen LogP contribution in [-0.4, -0.2) is 18.0 Å². The normalized spacial score (nSPS) is 12.1. The summed E-state index contributed by atoms with van der Waals surface area (Å²) in [5.74, 6) is -0.709. The van der Waals surface area contributed by atoms with Gasteiger partial charge in [-0.15, -0.1) is 0 Å². The molecule has 1 amide bonds. The van der Waals surface area contributed by atoms with E-state index in [-0.39, 0.29) is 0 Å². The van der Waals surface area contributed by atoms with Gasteiger partial charge in [0.2, 0.25) is 0 Å². The smallest absolute Gasteiger partial charge is 0.434 e. The summed E-state index contributed by atoms with van der Waals surface area (Å²) in [6.07, 6.45) is -3.83. The summed E-state index contributed by atoms with van der Waals surface area (Å²) < 4.78 is 43.9. The number of rotatable bonds is 4. The van der Waals surface area contributed by atoms with Crippen LogP contribution in [-0.2, 0) is 6.18 Å². The highest BCUT2D eigenvalue weighted by Crippen LogP contribution is 2.30. The number of nitriles is 1. The summed E-state index contributed by atoms with van der Waals surface area (Å²) >= 11 is 0. The number of hydrogen-bond donors (Lipinski definition) is 1. The van der Waals surface area contributed by atoms with Crippen molar-refractivity contribution in [2.24, 2.45) is 0 Å². The predicted molar refractivity (Wildman–Crippen MR) is 78.1 cm³/mol. The van der Waals surface area contributed by atoms with Crippen molar-refractivity contribution in [2.45, 2.75) is 12.2 Å². The fourth-order valence-corrected chi connectivity index (χ4v) is 2.11. The summed E-state index contributed by atoms with van der Waals surface area (Å²) in [5.41, 5.74) is -1.62. The third-order valence-corrected chi connectivity index (χ3v) is 3.18. The van der Waals surface area contributed by atoms with E-state index in [9.17, 15) is 23.2 Å². The average Bonchev–Trinajstić information content (AvgIpc) is 2.58. The van der Waals surface area contributed by atoms with E-state index in [2.05, 4.69) is 10.3 Å².